The van der Waals surface area contributed by atoms with E-state index in [9.17, 15) is 9.18 Å². The Hall–Kier alpha value is -3.48. The van der Waals surface area contributed by atoms with Gasteiger partial charge in [0.25, 0.3) is 5.91 Å². The maximum absolute atomic E-state index is 13.6. The van der Waals surface area contributed by atoms with Crippen LogP contribution in [0.25, 0.3) is 0 Å². The van der Waals surface area contributed by atoms with Gasteiger partial charge in [-0.15, -0.1) is 0 Å². The van der Waals surface area contributed by atoms with E-state index in [0.29, 0.717) is 30.0 Å². The summed E-state index contributed by atoms with van der Waals surface area (Å²) in [6, 6.07) is 14.2. The number of halogens is 1. The topological polar surface area (TPSA) is 76.1 Å². The standard InChI is InChI=1S/C21H21FN4O2/c1-28-18-7-4-5-15(11-18)9-10-23-20(27)17-13-25-21(26-14-17)24-12-16-6-2-3-8-19(16)22/h2-8,11,13-14H,9-10,12H2,1H3,(H,23,27)(H,24,25,26). The summed E-state index contributed by atoms with van der Waals surface area (Å²) >= 11 is 0. The number of hydrogen-bond acceptors (Lipinski definition) is 5. The van der Waals surface area contributed by atoms with Gasteiger partial charge in [0.2, 0.25) is 5.95 Å². The van der Waals surface area contributed by atoms with Crippen molar-refractivity contribution in [2.45, 2.75) is 13.0 Å². The van der Waals surface area contributed by atoms with E-state index in [1.54, 1.807) is 25.3 Å². The van der Waals surface area contributed by atoms with E-state index >= 15 is 0 Å². The highest BCUT2D eigenvalue weighted by Gasteiger charge is 2.08. The highest BCUT2D eigenvalue weighted by atomic mass is 19.1. The number of methoxy groups -OCH3 is 1. The number of anilines is 1. The Kier molecular flexibility index (Phi) is 6.51. The van der Waals surface area contributed by atoms with E-state index in [0.717, 1.165) is 11.3 Å². The number of carbonyl (C=O) groups is 1. The molecule has 0 saturated carbocycles. The average molecular weight is 380 g/mol. The van der Waals surface area contributed by atoms with E-state index in [2.05, 4.69) is 20.6 Å². The molecule has 7 heteroatoms. The van der Waals surface area contributed by atoms with Gasteiger partial charge in [-0.2, -0.15) is 0 Å². The highest BCUT2D eigenvalue weighted by molar-refractivity contribution is 5.93. The number of hydrogen-bond donors (Lipinski definition) is 2. The van der Waals surface area contributed by atoms with Crippen molar-refractivity contribution in [1.29, 1.82) is 0 Å². The van der Waals surface area contributed by atoms with Crippen molar-refractivity contribution in [2.75, 3.05) is 19.0 Å². The molecular weight excluding hydrogens is 359 g/mol. The molecule has 0 bridgehead atoms. The van der Waals surface area contributed by atoms with Gasteiger partial charge in [0.15, 0.2) is 0 Å². The van der Waals surface area contributed by atoms with Crippen LogP contribution in [0.5, 0.6) is 5.75 Å². The summed E-state index contributed by atoms with van der Waals surface area (Å²) in [5.41, 5.74) is 1.95. The van der Waals surface area contributed by atoms with Crippen molar-refractivity contribution in [3.05, 3.63) is 83.4 Å². The molecule has 2 aromatic carbocycles. The molecule has 0 radical (unpaired) electrons. The first-order valence-corrected chi connectivity index (χ1v) is 8.86. The molecule has 0 fully saturated rings. The van der Waals surface area contributed by atoms with Gasteiger partial charge in [-0.05, 0) is 30.2 Å². The number of rotatable bonds is 8. The fourth-order valence-corrected chi connectivity index (χ4v) is 2.60. The van der Waals surface area contributed by atoms with Crippen molar-refractivity contribution >= 4 is 11.9 Å². The van der Waals surface area contributed by atoms with Gasteiger partial charge in [0.1, 0.15) is 11.6 Å². The predicted molar refractivity (Wildman–Crippen MR) is 105 cm³/mol. The minimum absolute atomic E-state index is 0.247. The van der Waals surface area contributed by atoms with Gasteiger partial charge >= 0.3 is 0 Å². The number of aromatic nitrogens is 2. The molecule has 0 unspecified atom stereocenters. The summed E-state index contributed by atoms with van der Waals surface area (Å²) in [7, 11) is 1.62. The molecule has 2 N–H and O–H groups in total. The molecule has 1 aromatic heterocycles. The molecule has 0 aliphatic rings. The van der Waals surface area contributed by atoms with Crippen LogP contribution >= 0.6 is 0 Å². The zero-order chi connectivity index (χ0) is 19.8. The van der Waals surface area contributed by atoms with Gasteiger partial charge in [0.05, 0.1) is 12.7 Å². The third kappa shape index (κ3) is 5.26. The number of nitrogens with one attached hydrogen (secondary N) is 2. The molecule has 0 aliphatic carbocycles. The van der Waals surface area contributed by atoms with Crippen molar-refractivity contribution in [1.82, 2.24) is 15.3 Å². The summed E-state index contributed by atoms with van der Waals surface area (Å²) < 4.78 is 18.8. The first-order valence-electron chi connectivity index (χ1n) is 8.86. The minimum atomic E-state index is -0.290. The van der Waals surface area contributed by atoms with Gasteiger partial charge in [-0.1, -0.05) is 30.3 Å². The lowest BCUT2D eigenvalue weighted by atomic mass is 10.1. The first kappa shape index (κ1) is 19.3. The third-order valence-corrected chi connectivity index (χ3v) is 4.14. The number of ether oxygens (including phenoxy) is 1. The monoisotopic (exact) mass is 380 g/mol. The molecule has 0 saturated heterocycles. The van der Waals surface area contributed by atoms with E-state index in [1.165, 1.54) is 18.5 Å². The van der Waals surface area contributed by atoms with E-state index in [1.807, 2.05) is 24.3 Å². The van der Waals surface area contributed by atoms with E-state index < -0.39 is 0 Å². The van der Waals surface area contributed by atoms with Crippen LogP contribution in [-0.4, -0.2) is 29.5 Å². The lowest BCUT2D eigenvalue weighted by molar-refractivity contribution is 0.0953. The molecule has 6 nitrogen and oxygen atoms in total. The lowest BCUT2D eigenvalue weighted by Crippen LogP contribution is -2.26. The van der Waals surface area contributed by atoms with Crippen molar-refractivity contribution in [2.24, 2.45) is 0 Å². The maximum Gasteiger partial charge on any atom is 0.254 e. The Balaban J connectivity index is 1.48. The highest BCUT2D eigenvalue weighted by Crippen LogP contribution is 2.13. The van der Waals surface area contributed by atoms with Crippen LogP contribution in [-0.2, 0) is 13.0 Å². The second-order valence-corrected chi connectivity index (χ2v) is 6.10. The fraction of sp³-hybridized carbons (Fsp3) is 0.190. The molecule has 0 spiro atoms. The Morgan fingerprint density at radius 1 is 1.11 bits per heavy atom. The quantitative estimate of drug-likeness (QED) is 0.628. The summed E-state index contributed by atoms with van der Waals surface area (Å²) in [6.07, 6.45) is 3.57. The SMILES string of the molecule is COc1cccc(CCNC(=O)c2cnc(NCc3ccccc3F)nc2)c1. The zero-order valence-corrected chi connectivity index (χ0v) is 15.5. The Morgan fingerprint density at radius 3 is 2.64 bits per heavy atom. The van der Waals surface area contributed by atoms with E-state index in [4.69, 9.17) is 4.74 Å². The van der Waals surface area contributed by atoms with Gasteiger partial charge in [0, 0.05) is 31.0 Å². The van der Waals surface area contributed by atoms with Crippen LogP contribution in [0.4, 0.5) is 10.3 Å². The van der Waals surface area contributed by atoms with Crippen molar-refractivity contribution in [3.8, 4) is 5.75 Å². The summed E-state index contributed by atoms with van der Waals surface area (Å²) in [4.78, 5) is 20.4. The molecule has 1 heterocycles. The maximum atomic E-state index is 13.6. The number of carbonyl (C=O) groups excluding carboxylic acids is 1. The van der Waals surface area contributed by atoms with Gasteiger partial charge in [-0.3, -0.25) is 4.79 Å². The Labute approximate surface area is 162 Å². The molecule has 1 amide bonds. The Morgan fingerprint density at radius 2 is 1.89 bits per heavy atom. The largest absolute Gasteiger partial charge is 0.497 e. The molecule has 3 aromatic rings. The van der Waals surface area contributed by atoms with Crippen LogP contribution in [0.2, 0.25) is 0 Å². The van der Waals surface area contributed by atoms with E-state index in [-0.39, 0.29) is 18.3 Å². The second-order valence-electron chi connectivity index (χ2n) is 6.10. The lowest BCUT2D eigenvalue weighted by Gasteiger charge is -2.08. The number of amides is 1. The summed E-state index contributed by atoms with van der Waals surface area (Å²) in [5.74, 6) is 0.581. The second kappa shape index (κ2) is 9.45. The van der Waals surface area contributed by atoms with Gasteiger partial charge in [-0.25, -0.2) is 14.4 Å². The number of benzene rings is 2. The molecule has 28 heavy (non-hydrogen) atoms. The third-order valence-electron chi connectivity index (χ3n) is 4.14. The van der Waals surface area contributed by atoms with Crippen LogP contribution in [0.15, 0.2) is 60.9 Å². The zero-order valence-electron chi connectivity index (χ0n) is 15.5. The van der Waals surface area contributed by atoms with Crippen LogP contribution in [0.1, 0.15) is 21.5 Å². The fourth-order valence-electron chi connectivity index (χ4n) is 2.60. The van der Waals surface area contributed by atoms with Crippen molar-refractivity contribution < 1.29 is 13.9 Å². The molecular formula is C21H21FN4O2. The van der Waals surface area contributed by atoms with Gasteiger partial charge < -0.3 is 15.4 Å². The Bertz CT molecular complexity index is 932. The predicted octanol–water partition coefficient (Wildman–Crippen LogP) is 3.21. The molecule has 0 atom stereocenters. The summed E-state index contributed by atoms with van der Waals surface area (Å²) in [5, 5.41) is 5.78. The van der Waals surface area contributed by atoms with Crippen LogP contribution < -0.4 is 15.4 Å². The van der Waals surface area contributed by atoms with Crippen LogP contribution in [0, 0.1) is 5.82 Å². The van der Waals surface area contributed by atoms with Crippen LogP contribution in [0.3, 0.4) is 0 Å². The molecule has 144 valence electrons. The minimum Gasteiger partial charge on any atom is -0.497 e. The first-order chi connectivity index (χ1) is 13.7. The normalized spacial score (nSPS) is 10.4. The average Bonchev–Trinajstić information content (AvgIpc) is 2.73. The van der Waals surface area contributed by atoms with Crippen molar-refractivity contribution in [3.63, 3.8) is 0 Å². The molecule has 0 aliphatic heterocycles. The number of nitrogens with zero attached hydrogens (tertiary/aromatic N) is 2. The smallest absolute Gasteiger partial charge is 0.254 e. The summed E-state index contributed by atoms with van der Waals surface area (Å²) in [6.45, 7) is 0.748. The molecule has 3 rings (SSSR count).